The molecule has 5 heterocycles. The molecular formula is C31H31N9O. The second-order valence-corrected chi connectivity index (χ2v) is 9.79. The number of nitrogens with one attached hydrogen (secondary N) is 1. The number of anilines is 1. The summed E-state index contributed by atoms with van der Waals surface area (Å²) in [5, 5.41) is 3.39. The number of fused-ring (bicyclic) bond motifs is 2. The van der Waals surface area contributed by atoms with E-state index in [1.165, 1.54) is 11.1 Å². The molecule has 3 N–H and O–H groups in total. The molecule has 206 valence electrons. The Morgan fingerprint density at radius 1 is 1.05 bits per heavy atom. The fraction of sp³-hybridized carbons (Fsp3) is 0.194. The fourth-order valence-corrected chi connectivity index (χ4v) is 4.94. The highest BCUT2D eigenvalue weighted by Crippen LogP contribution is 2.24. The lowest BCUT2D eigenvalue weighted by Crippen LogP contribution is -2.22. The number of hydrogen-bond acceptors (Lipinski definition) is 9. The molecule has 0 atom stereocenters. The van der Waals surface area contributed by atoms with Crippen molar-refractivity contribution in [2.24, 2.45) is 10.7 Å². The van der Waals surface area contributed by atoms with Crippen molar-refractivity contribution in [2.75, 3.05) is 25.5 Å². The van der Waals surface area contributed by atoms with Crippen LogP contribution in [0.1, 0.15) is 22.3 Å². The van der Waals surface area contributed by atoms with Gasteiger partial charge in [-0.15, -0.1) is 0 Å². The highest BCUT2D eigenvalue weighted by molar-refractivity contribution is 6.09. The van der Waals surface area contributed by atoms with Crippen LogP contribution in [-0.2, 0) is 19.6 Å². The molecule has 0 spiro atoms. The van der Waals surface area contributed by atoms with Gasteiger partial charge in [0.2, 0.25) is 0 Å². The minimum Gasteiger partial charge on any atom is -0.492 e. The average molecular weight is 546 g/mol. The van der Waals surface area contributed by atoms with E-state index < -0.39 is 0 Å². The number of rotatable bonds is 10. The van der Waals surface area contributed by atoms with E-state index >= 15 is 0 Å². The number of ether oxygens (including phenoxy) is 1. The van der Waals surface area contributed by atoms with Crippen LogP contribution in [0.4, 0.5) is 5.82 Å². The molecular weight excluding hydrogens is 514 g/mol. The topological polar surface area (TPSA) is 119 Å². The number of nitrogens with zero attached hydrogens (tertiary/aromatic N) is 7. The highest BCUT2D eigenvalue weighted by Gasteiger charge is 2.18. The lowest BCUT2D eigenvalue weighted by atomic mass is 10.1. The molecule has 1 aliphatic rings. The number of nitrogens with two attached hydrogens (primary N) is 1. The molecule has 41 heavy (non-hydrogen) atoms. The standard InChI is InChI=1S/C31H31N9O/c1-33-16-25(14-32)23-4-2-22(3-5-23)15-35-30-13-28(37-21-38-30)29-18-36-31-12-27(7-9-40(29)31)41-11-10-39-19-24-6-8-34-17-26(24)20-39/h2-9,12-14,16-18,21H,10-11,15,19-20,32H2,1H3,(H,35,37,38)/b25-14+,33-16?. The number of imidazole rings is 1. The zero-order valence-corrected chi connectivity index (χ0v) is 22.8. The lowest BCUT2D eigenvalue weighted by Gasteiger charge is -2.15. The third-order valence-corrected chi connectivity index (χ3v) is 7.09. The summed E-state index contributed by atoms with van der Waals surface area (Å²) in [5.41, 5.74) is 13.8. The summed E-state index contributed by atoms with van der Waals surface area (Å²) >= 11 is 0. The first-order valence-electron chi connectivity index (χ1n) is 13.4. The number of pyridine rings is 2. The van der Waals surface area contributed by atoms with Gasteiger partial charge >= 0.3 is 0 Å². The van der Waals surface area contributed by atoms with Crippen LogP contribution in [0.5, 0.6) is 5.75 Å². The number of aromatic nitrogens is 5. The third kappa shape index (κ3) is 5.92. The Hall–Kier alpha value is -5.09. The summed E-state index contributed by atoms with van der Waals surface area (Å²) in [7, 11) is 1.73. The largest absolute Gasteiger partial charge is 0.492 e. The van der Waals surface area contributed by atoms with Gasteiger partial charge in [-0.3, -0.25) is 19.3 Å². The first-order chi connectivity index (χ1) is 20.2. The minimum atomic E-state index is 0.604. The fourth-order valence-electron chi connectivity index (χ4n) is 4.94. The second-order valence-electron chi connectivity index (χ2n) is 9.79. The normalized spacial score (nSPS) is 13.6. The van der Waals surface area contributed by atoms with Crippen LogP contribution >= 0.6 is 0 Å². The van der Waals surface area contributed by atoms with Gasteiger partial charge < -0.3 is 15.8 Å². The number of hydrogen-bond donors (Lipinski definition) is 2. The average Bonchev–Trinajstić information content (AvgIpc) is 3.63. The Balaban J connectivity index is 1.07. The molecule has 4 aromatic heterocycles. The Morgan fingerprint density at radius 2 is 1.93 bits per heavy atom. The third-order valence-electron chi connectivity index (χ3n) is 7.09. The van der Waals surface area contributed by atoms with E-state index in [4.69, 9.17) is 10.5 Å². The highest BCUT2D eigenvalue weighted by atomic mass is 16.5. The molecule has 6 rings (SSSR count). The molecule has 0 bridgehead atoms. The molecule has 0 radical (unpaired) electrons. The van der Waals surface area contributed by atoms with E-state index in [0.717, 1.165) is 64.9 Å². The van der Waals surface area contributed by atoms with Crippen LogP contribution in [0.15, 0.2) is 90.8 Å². The maximum absolute atomic E-state index is 6.06. The van der Waals surface area contributed by atoms with E-state index in [-0.39, 0.29) is 0 Å². The van der Waals surface area contributed by atoms with Gasteiger partial charge in [-0.1, -0.05) is 24.3 Å². The lowest BCUT2D eigenvalue weighted by molar-refractivity contribution is 0.211. The monoisotopic (exact) mass is 545 g/mol. The van der Waals surface area contributed by atoms with Gasteiger partial charge in [-0.25, -0.2) is 15.0 Å². The van der Waals surface area contributed by atoms with Crippen LogP contribution in [0.25, 0.3) is 22.6 Å². The molecule has 10 heteroatoms. The molecule has 0 aliphatic carbocycles. The van der Waals surface area contributed by atoms with Crippen molar-refractivity contribution in [1.82, 2.24) is 29.2 Å². The van der Waals surface area contributed by atoms with Gasteiger partial charge in [-0.05, 0) is 34.4 Å². The van der Waals surface area contributed by atoms with Gasteiger partial charge in [0, 0.05) is 81.9 Å². The molecule has 1 aliphatic heterocycles. The minimum absolute atomic E-state index is 0.604. The van der Waals surface area contributed by atoms with Gasteiger partial charge in [0.25, 0.3) is 0 Å². The maximum Gasteiger partial charge on any atom is 0.140 e. The Morgan fingerprint density at radius 3 is 2.76 bits per heavy atom. The molecule has 0 amide bonds. The molecule has 5 aromatic rings. The first-order valence-corrected chi connectivity index (χ1v) is 13.4. The van der Waals surface area contributed by atoms with E-state index in [2.05, 4.69) is 53.3 Å². The van der Waals surface area contributed by atoms with Crippen LogP contribution in [0.3, 0.4) is 0 Å². The quantitative estimate of drug-likeness (QED) is 0.251. The van der Waals surface area contributed by atoms with E-state index in [1.807, 2.05) is 59.5 Å². The van der Waals surface area contributed by atoms with Crippen molar-refractivity contribution in [3.05, 3.63) is 108 Å². The summed E-state index contributed by atoms with van der Waals surface area (Å²) < 4.78 is 8.06. The molecule has 0 saturated heterocycles. The van der Waals surface area contributed by atoms with Gasteiger partial charge in [0.15, 0.2) is 0 Å². The Bertz CT molecular complexity index is 1680. The SMILES string of the molecule is CN=C/C(=C\N)c1ccc(CNc2cc(-c3cnc4cc(OCCN5Cc6ccncc6C5)ccn34)ncn2)cc1. The van der Waals surface area contributed by atoms with Crippen LogP contribution in [0, 0.1) is 0 Å². The Labute approximate surface area is 238 Å². The molecule has 1 aromatic carbocycles. The van der Waals surface area contributed by atoms with E-state index in [9.17, 15) is 0 Å². The number of allylic oxidation sites excluding steroid dienone is 1. The predicted molar refractivity (Wildman–Crippen MR) is 160 cm³/mol. The zero-order valence-electron chi connectivity index (χ0n) is 22.8. The molecule has 0 saturated carbocycles. The number of benzene rings is 1. The predicted octanol–water partition coefficient (Wildman–Crippen LogP) is 4.19. The van der Waals surface area contributed by atoms with Crippen molar-refractivity contribution in [3.63, 3.8) is 0 Å². The second kappa shape index (κ2) is 12.0. The molecule has 0 fully saturated rings. The Kier molecular flexibility index (Phi) is 7.63. The maximum atomic E-state index is 6.06. The summed E-state index contributed by atoms with van der Waals surface area (Å²) in [5.74, 6) is 1.52. The van der Waals surface area contributed by atoms with Crippen molar-refractivity contribution >= 4 is 23.3 Å². The summed E-state index contributed by atoms with van der Waals surface area (Å²) in [6.07, 6.45) is 12.5. The van der Waals surface area contributed by atoms with Gasteiger partial charge in [0.05, 0.1) is 17.6 Å². The van der Waals surface area contributed by atoms with Gasteiger partial charge in [0.1, 0.15) is 30.1 Å². The number of aliphatic imine (C=N–C) groups is 1. The summed E-state index contributed by atoms with van der Waals surface area (Å²) in [4.78, 5) is 24.1. The first kappa shape index (κ1) is 26.1. The zero-order chi connectivity index (χ0) is 28.0. The van der Waals surface area contributed by atoms with Crippen molar-refractivity contribution in [3.8, 4) is 17.1 Å². The summed E-state index contributed by atoms with van der Waals surface area (Å²) in [6, 6.07) is 16.1. The van der Waals surface area contributed by atoms with E-state index in [1.54, 1.807) is 25.8 Å². The van der Waals surface area contributed by atoms with Crippen molar-refractivity contribution in [1.29, 1.82) is 0 Å². The van der Waals surface area contributed by atoms with Crippen molar-refractivity contribution < 1.29 is 4.74 Å². The van der Waals surface area contributed by atoms with E-state index in [0.29, 0.717) is 13.2 Å². The van der Waals surface area contributed by atoms with Crippen LogP contribution in [-0.4, -0.2) is 55.7 Å². The smallest absolute Gasteiger partial charge is 0.140 e. The van der Waals surface area contributed by atoms with Crippen molar-refractivity contribution in [2.45, 2.75) is 19.6 Å². The molecule has 10 nitrogen and oxygen atoms in total. The summed E-state index contributed by atoms with van der Waals surface area (Å²) in [6.45, 7) is 3.92. The van der Waals surface area contributed by atoms with Crippen LogP contribution in [0.2, 0.25) is 0 Å². The van der Waals surface area contributed by atoms with Crippen LogP contribution < -0.4 is 15.8 Å². The van der Waals surface area contributed by atoms with Gasteiger partial charge in [-0.2, -0.15) is 0 Å². The molecule has 0 unspecified atom stereocenters.